The highest BCUT2D eigenvalue weighted by molar-refractivity contribution is 7.99. The van der Waals surface area contributed by atoms with Gasteiger partial charge in [0.2, 0.25) is 0 Å². The number of benzene rings is 1. The van der Waals surface area contributed by atoms with E-state index < -0.39 is 0 Å². The van der Waals surface area contributed by atoms with Gasteiger partial charge in [-0.3, -0.25) is 4.90 Å². The molecule has 0 heterocycles. The van der Waals surface area contributed by atoms with Crippen molar-refractivity contribution in [3.05, 3.63) is 30.1 Å². The fourth-order valence-electron chi connectivity index (χ4n) is 1.62. The lowest BCUT2D eigenvalue weighted by atomic mass is 10.3. The fraction of sp³-hybridized carbons (Fsp3) is 0.571. The maximum atomic E-state index is 13.4. The second-order valence-corrected chi connectivity index (χ2v) is 5.24. The molecule has 1 aromatic rings. The second-order valence-electron chi connectivity index (χ2n) is 4.11. The maximum Gasteiger partial charge on any atom is 0.136 e. The summed E-state index contributed by atoms with van der Waals surface area (Å²) in [7, 11) is 3.39. The van der Waals surface area contributed by atoms with Crippen molar-refractivity contribution in [2.45, 2.75) is 4.90 Å². The first kappa shape index (κ1) is 16.4. The van der Waals surface area contributed by atoms with Gasteiger partial charge in [-0.1, -0.05) is 12.1 Å². The Morgan fingerprint density at radius 3 is 2.26 bits per heavy atom. The fourth-order valence-corrected chi connectivity index (χ4v) is 2.57. The quantitative estimate of drug-likeness (QED) is 0.616. The molecule has 3 nitrogen and oxygen atoms in total. The molecule has 19 heavy (non-hydrogen) atoms. The standard InChI is InChI=1S/C14H22FNO2S/c1-17-10-7-16(8-11-18-2)9-12-19-14-6-4-3-5-13(14)15/h3-6H,7-12H2,1-2H3. The minimum atomic E-state index is -0.146. The number of hydrogen-bond donors (Lipinski definition) is 0. The van der Waals surface area contributed by atoms with Crippen LogP contribution < -0.4 is 0 Å². The van der Waals surface area contributed by atoms with Crippen LogP contribution in [-0.2, 0) is 9.47 Å². The average Bonchev–Trinajstić information content (AvgIpc) is 2.43. The molecule has 5 heteroatoms. The number of hydrogen-bond acceptors (Lipinski definition) is 4. The number of halogens is 1. The van der Waals surface area contributed by atoms with Crippen LogP contribution in [-0.4, -0.2) is 57.7 Å². The highest BCUT2D eigenvalue weighted by Crippen LogP contribution is 2.20. The van der Waals surface area contributed by atoms with Gasteiger partial charge in [0.1, 0.15) is 5.82 Å². The third-order valence-electron chi connectivity index (χ3n) is 2.73. The van der Waals surface area contributed by atoms with Gasteiger partial charge in [0.15, 0.2) is 0 Å². The predicted octanol–water partition coefficient (Wildman–Crippen LogP) is 2.51. The van der Waals surface area contributed by atoms with Gasteiger partial charge in [0, 0.05) is 44.5 Å². The van der Waals surface area contributed by atoms with Gasteiger partial charge in [-0.25, -0.2) is 4.39 Å². The molecule has 0 bridgehead atoms. The molecule has 0 saturated heterocycles. The van der Waals surface area contributed by atoms with Crippen LogP contribution in [0.5, 0.6) is 0 Å². The van der Waals surface area contributed by atoms with Crippen molar-refractivity contribution >= 4 is 11.8 Å². The number of ether oxygens (including phenoxy) is 2. The minimum absolute atomic E-state index is 0.146. The molecule has 0 N–H and O–H groups in total. The summed E-state index contributed by atoms with van der Waals surface area (Å²) in [4.78, 5) is 2.97. The Bertz CT molecular complexity index is 344. The largest absolute Gasteiger partial charge is 0.383 e. The van der Waals surface area contributed by atoms with Crippen molar-refractivity contribution in [2.75, 3.05) is 52.8 Å². The molecule has 0 spiro atoms. The molecule has 1 rings (SSSR count). The lowest BCUT2D eigenvalue weighted by molar-refractivity contribution is 0.118. The smallest absolute Gasteiger partial charge is 0.136 e. The summed E-state index contributed by atoms with van der Waals surface area (Å²) in [6, 6.07) is 6.88. The molecule has 0 aliphatic heterocycles. The summed E-state index contributed by atoms with van der Waals surface area (Å²) in [5, 5.41) is 0. The Kier molecular flexibility index (Phi) is 8.82. The van der Waals surface area contributed by atoms with Gasteiger partial charge in [-0.05, 0) is 12.1 Å². The van der Waals surface area contributed by atoms with Crippen molar-refractivity contribution in [2.24, 2.45) is 0 Å². The summed E-state index contributed by atoms with van der Waals surface area (Å²) in [6.07, 6.45) is 0. The second kappa shape index (κ2) is 10.2. The molecule has 0 aliphatic rings. The van der Waals surface area contributed by atoms with E-state index in [2.05, 4.69) is 4.90 Å². The van der Waals surface area contributed by atoms with Gasteiger partial charge in [-0.2, -0.15) is 0 Å². The Morgan fingerprint density at radius 2 is 1.68 bits per heavy atom. The number of nitrogens with zero attached hydrogens (tertiary/aromatic N) is 1. The number of thioether (sulfide) groups is 1. The molecule has 0 atom stereocenters. The minimum Gasteiger partial charge on any atom is -0.383 e. The Hall–Kier alpha value is -0.620. The van der Waals surface area contributed by atoms with E-state index in [0.29, 0.717) is 18.1 Å². The van der Waals surface area contributed by atoms with Crippen LogP contribution in [0.3, 0.4) is 0 Å². The zero-order valence-corrected chi connectivity index (χ0v) is 12.4. The third-order valence-corrected chi connectivity index (χ3v) is 3.75. The molecule has 0 aliphatic carbocycles. The molecular weight excluding hydrogens is 265 g/mol. The predicted molar refractivity (Wildman–Crippen MR) is 77.3 cm³/mol. The Morgan fingerprint density at radius 1 is 1.05 bits per heavy atom. The molecule has 0 aromatic heterocycles. The van der Waals surface area contributed by atoms with Crippen LogP contribution in [0.4, 0.5) is 4.39 Å². The molecule has 0 unspecified atom stereocenters. The SMILES string of the molecule is COCCN(CCOC)CCSc1ccccc1F. The number of methoxy groups -OCH3 is 2. The van der Waals surface area contributed by atoms with Gasteiger partial charge in [0.25, 0.3) is 0 Å². The topological polar surface area (TPSA) is 21.7 Å². The average molecular weight is 287 g/mol. The van der Waals surface area contributed by atoms with E-state index in [9.17, 15) is 4.39 Å². The van der Waals surface area contributed by atoms with Crippen LogP contribution in [0.15, 0.2) is 29.2 Å². The zero-order chi connectivity index (χ0) is 13.9. The first-order valence-corrected chi connectivity index (χ1v) is 7.34. The van der Waals surface area contributed by atoms with Gasteiger partial charge >= 0.3 is 0 Å². The van der Waals surface area contributed by atoms with Crippen LogP contribution in [0.25, 0.3) is 0 Å². The van der Waals surface area contributed by atoms with E-state index in [1.165, 1.54) is 6.07 Å². The van der Waals surface area contributed by atoms with E-state index in [1.807, 2.05) is 12.1 Å². The van der Waals surface area contributed by atoms with E-state index in [4.69, 9.17) is 9.47 Å². The van der Waals surface area contributed by atoms with Crippen molar-refractivity contribution in [3.63, 3.8) is 0 Å². The van der Waals surface area contributed by atoms with E-state index >= 15 is 0 Å². The van der Waals surface area contributed by atoms with Crippen molar-refractivity contribution in [1.82, 2.24) is 4.90 Å². The monoisotopic (exact) mass is 287 g/mol. The van der Waals surface area contributed by atoms with E-state index in [-0.39, 0.29) is 5.82 Å². The first-order chi connectivity index (χ1) is 9.27. The molecule has 1 aromatic carbocycles. The van der Waals surface area contributed by atoms with Gasteiger partial charge < -0.3 is 9.47 Å². The van der Waals surface area contributed by atoms with Gasteiger partial charge in [0.05, 0.1) is 13.2 Å². The van der Waals surface area contributed by atoms with Crippen LogP contribution in [0.1, 0.15) is 0 Å². The molecule has 108 valence electrons. The summed E-state index contributed by atoms with van der Waals surface area (Å²) >= 11 is 1.54. The van der Waals surface area contributed by atoms with Crippen molar-refractivity contribution in [1.29, 1.82) is 0 Å². The van der Waals surface area contributed by atoms with Crippen LogP contribution in [0, 0.1) is 5.82 Å². The molecule has 0 radical (unpaired) electrons. The van der Waals surface area contributed by atoms with Gasteiger partial charge in [-0.15, -0.1) is 11.8 Å². The molecule has 0 saturated carbocycles. The highest BCUT2D eigenvalue weighted by Gasteiger charge is 2.06. The lowest BCUT2D eigenvalue weighted by Gasteiger charge is -2.21. The lowest BCUT2D eigenvalue weighted by Crippen LogP contribution is -2.32. The maximum absolute atomic E-state index is 13.4. The zero-order valence-electron chi connectivity index (χ0n) is 11.6. The summed E-state index contributed by atoms with van der Waals surface area (Å²) in [5.41, 5.74) is 0. The first-order valence-electron chi connectivity index (χ1n) is 6.35. The third kappa shape index (κ3) is 6.92. The highest BCUT2D eigenvalue weighted by atomic mass is 32.2. The summed E-state index contributed by atoms with van der Waals surface area (Å²) in [6.45, 7) is 4.04. The summed E-state index contributed by atoms with van der Waals surface area (Å²) < 4.78 is 23.6. The Labute approximate surface area is 119 Å². The molecule has 0 fully saturated rings. The number of rotatable bonds is 10. The van der Waals surface area contributed by atoms with Crippen molar-refractivity contribution in [3.8, 4) is 0 Å². The van der Waals surface area contributed by atoms with Crippen LogP contribution >= 0.6 is 11.8 Å². The normalized spacial score (nSPS) is 11.2. The van der Waals surface area contributed by atoms with Crippen LogP contribution in [0.2, 0.25) is 0 Å². The van der Waals surface area contributed by atoms with Crippen molar-refractivity contribution < 1.29 is 13.9 Å². The molecule has 0 amide bonds. The van der Waals surface area contributed by atoms with E-state index in [0.717, 1.165) is 25.4 Å². The van der Waals surface area contributed by atoms with E-state index in [1.54, 1.807) is 32.0 Å². The molecular formula is C14H22FNO2S. The summed E-state index contributed by atoms with van der Waals surface area (Å²) in [5.74, 6) is 0.710. The Balaban J connectivity index is 2.32.